The van der Waals surface area contributed by atoms with Crippen molar-refractivity contribution in [1.82, 2.24) is 16.0 Å². The van der Waals surface area contributed by atoms with Crippen molar-refractivity contribution in [2.24, 2.45) is 17.2 Å². The van der Waals surface area contributed by atoms with E-state index in [-0.39, 0.29) is 30.8 Å². The molecular formula is C24H40N6O6S. The number of hydrogen-bond donors (Lipinski definition) is 9. The van der Waals surface area contributed by atoms with Gasteiger partial charge in [-0.15, -0.1) is 0 Å². The predicted octanol–water partition coefficient (Wildman–Crippen LogP) is -1.01. The Hall–Kier alpha value is -2.87. The average Bonchev–Trinajstić information content (AvgIpc) is 2.87. The summed E-state index contributed by atoms with van der Waals surface area (Å²) in [5, 5.41) is 26.8. The molecule has 13 heteroatoms. The Morgan fingerprint density at radius 3 is 1.78 bits per heavy atom. The molecule has 3 amide bonds. The number of amides is 3. The largest absolute Gasteiger partial charge is 0.508 e. The van der Waals surface area contributed by atoms with Crippen LogP contribution in [0.2, 0.25) is 0 Å². The molecule has 0 heterocycles. The fourth-order valence-electron chi connectivity index (χ4n) is 3.50. The third-order valence-electron chi connectivity index (χ3n) is 5.68. The number of carboxylic acid groups (broad SMARTS) is 1. The number of aliphatic carboxylic acids is 1. The van der Waals surface area contributed by atoms with Crippen molar-refractivity contribution in [3.63, 3.8) is 0 Å². The van der Waals surface area contributed by atoms with E-state index in [1.807, 2.05) is 0 Å². The predicted molar refractivity (Wildman–Crippen MR) is 143 cm³/mol. The molecule has 0 spiro atoms. The molecule has 0 aliphatic heterocycles. The Morgan fingerprint density at radius 1 is 0.784 bits per heavy atom. The monoisotopic (exact) mass is 540 g/mol. The van der Waals surface area contributed by atoms with Gasteiger partial charge in [-0.25, -0.2) is 4.79 Å². The number of nitrogens with two attached hydrogens (primary N) is 3. The minimum absolute atomic E-state index is 0.0435. The van der Waals surface area contributed by atoms with Crippen LogP contribution >= 0.6 is 12.6 Å². The maximum Gasteiger partial charge on any atom is 0.326 e. The van der Waals surface area contributed by atoms with E-state index in [1.54, 1.807) is 12.1 Å². The van der Waals surface area contributed by atoms with Crippen molar-refractivity contribution < 1.29 is 29.4 Å². The highest BCUT2D eigenvalue weighted by molar-refractivity contribution is 7.80. The standard InChI is InChI=1S/C24H40N6O6S/c25-11-3-1-5-18(22(33)29-19(24(35)36)6-2-4-12-26)28-23(34)20(30-21(32)17(27)14-37)13-15-7-9-16(31)10-8-15/h7-10,17-20,31,37H,1-6,11-14,25-27H2,(H,28,34)(H,29,33)(H,30,32)(H,35,36). The van der Waals surface area contributed by atoms with Crippen molar-refractivity contribution in [3.8, 4) is 5.75 Å². The highest BCUT2D eigenvalue weighted by Gasteiger charge is 2.30. The maximum absolute atomic E-state index is 13.3. The molecule has 12 nitrogen and oxygen atoms in total. The first-order chi connectivity index (χ1) is 17.6. The van der Waals surface area contributed by atoms with Crippen LogP contribution in [-0.4, -0.2) is 76.9 Å². The number of phenols is 1. The van der Waals surface area contributed by atoms with Crippen molar-refractivity contribution in [2.75, 3.05) is 18.8 Å². The number of thiol groups is 1. The molecule has 0 aliphatic carbocycles. The molecule has 0 bridgehead atoms. The van der Waals surface area contributed by atoms with E-state index in [0.29, 0.717) is 44.3 Å². The lowest BCUT2D eigenvalue weighted by Crippen LogP contribution is -2.57. The molecule has 37 heavy (non-hydrogen) atoms. The zero-order valence-corrected chi connectivity index (χ0v) is 21.8. The number of hydrogen-bond acceptors (Lipinski definition) is 9. The first kappa shape index (κ1) is 32.2. The fourth-order valence-corrected chi connectivity index (χ4v) is 3.66. The van der Waals surface area contributed by atoms with E-state index in [4.69, 9.17) is 17.2 Å². The van der Waals surface area contributed by atoms with Crippen molar-refractivity contribution in [1.29, 1.82) is 0 Å². The summed E-state index contributed by atoms with van der Waals surface area (Å²) in [5.74, 6) is -2.96. The van der Waals surface area contributed by atoms with Crippen LogP contribution in [0.3, 0.4) is 0 Å². The van der Waals surface area contributed by atoms with Crippen molar-refractivity contribution in [3.05, 3.63) is 29.8 Å². The second-order valence-corrected chi connectivity index (χ2v) is 9.12. The van der Waals surface area contributed by atoms with Gasteiger partial charge in [0, 0.05) is 12.2 Å². The summed E-state index contributed by atoms with van der Waals surface area (Å²) in [6.45, 7) is 0.795. The van der Waals surface area contributed by atoms with Crippen LogP contribution < -0.4 is 33.2 Å². The minimum Gasteiger partial charge on any atom is -0.508 e. The smallest absolute Gasteiger partial charge is 0.326 e. The van der Waals surface area contributed by atoms with E-state index in [1.165, 1.54) is 12.1 Å². The summed E-state index contributed by atoms with van der Waals surface area (Å²) in [7, 11) is 0. The van der Waals surface area contributed by atoms with E-state index < -0.39 is 47.9 Å². The van der Waals surface area contributed by atoms with Crippen LogP contribution in [0.5, 0.6) is 5.75 Å². The number of carbonyl (C=O) groups excluding carboxylic acids is 3. The lowest BCUT2D eigenvalue weighted by Gasteiger charge is -2.25. The minimum atomic E-state index is -1.18. The SMILES string of the molecule is NCCCCC(NC(=O)C(CCCCN)NC(=O)C(Cc1ccc(O)cc1)NC(=O)C(N)CS)C(=O)O. The number of aromatic hydroxyl groups is 1. The molecule has 4 unspecified atom stereocenters. The van der Waals surface area contributed by atoms with Crippen LogP contribution in [0.15, 0.2) is 24.3 Å². The summed E-state index contributed by atoms with van der Waals surface area (Å²) in [4.78, 5) is 50.4. The van der Waals surface area contributed by atoms with Gasteiger partial charge in [-0.05, 0) is 69.3 Å². The van der Waals surface area contributed by atoms with Gasteiger partial charge in [-0.2, -0.15) is 12.6 Å². The molecule has 0 saturated heterocycles. The number of phenolic OH excluding ortho intramolecular Hbond substituents is 1. The lowest BCUT2D eigenvalue weighted by molar-refractivity contribution is -0.142. The Bertz CT molecular complexity index is 872. The van der Waals surface area contributed by atoms with Crippen LogP contribution in [-0.2, 0) is 25.6 Å². The van der Waals surface area contributed by atoms with Gasteiger partial charge in [0.2, 0.25) is 17.7 Å². The molecule has 208 valence electrons. The van der Waals surface area contributed by atoms with Crippen LogP contribution in [0.25, 0.3) is 0 Å². The highest BCUT2D eigenvalue weighted by Crippen LogP contribution is 2.12. The molecule has 1 aromatic rings. The molecule has 1 rings (SSSR count). The van der Waals surface area contributed by atoms with E-state index in [9.17, 15) is 29.4 Å². The molecule has 0 aromatic heterocycles. The number of carbonyl (C=O) groups is 4. The van der Waals surface area contributed by atoms with Crippen LogP contribution in [0.1, 0.15) is 44.1 Å². The molecule has 0 aliphatic rings. The Kier molecular flexibility index (Phi) is 15.3. The highest BCUT2D eigenvalue weighted by atomic mass is 32.1. The Labute approximate surface area is 222 Å². The molecular weight excluding hydrogens is 500 g/mol. The third kappa shape index (κ3) is 12.3. The van der Waals surface area contributed by atoms with Crippen LogP contribution in [0, 0.1) is 0 Å². The third-order valence-corrected chi connectivity index (χ3v) is 6.08. The summed E-state index contributed by atoms with van der Waals surface area (Å²) < 4.78 is 0. The molecule has 4 atom stereocenters. The van der Waals surface area contributed by atoms with Gasteiger partial charge in [0.05, 0.1) is 6.04 Å². The maximum atomic E-state index is 13.3. The lowest BCUT2D eigenvalue weighted by atomic mass is 10.0. The van der Waals surface area contributed by atoms with Gasteiger partial charge in [-0.1, -0.05) is 12.1 Å². The van der Waals surface area contributed by atoms with Crippen LogP contribution in [0.4, 0.5) is 0 Å². The first-order valence-corrected chi connectivity index (χ1v) is 12.9. The molecule has 1 aromatic carbocycles. The average molecular weight is 541 g/mol. The van der Waals surface area contributed by atoms with Gasteiger partial charge >= 0.3 is 5.97 Å². The topological polar surface area (TPSA) is 223 Å². The molecule has 0 saturated carbocycles. The van der Waals surface area contributed by atoms with E-state index in [2.05, 4.69) is 28.6 Å². The Balaban J connectivity index is 3.07. The number of rotatable bonds is 18. The van der Waals surface area contributed by atoms with Crippen molar-refractivity contribution >= 4 is 36.3 Å². The number of nitrogens with one attached hydrogen (secondary N) is 3. The quantitative estimate of drug-likeness (QED) is 0.0820. The normalized spacial score (nSPS) is 14.2. The molecule has 0 radical (unpaired) electrons. The summed E-state index contributed by atoms with van der Waals surface area (Å²) in [5.41, 5.74) is 17.4. The van der Waals surface area contributed by atoms with E-state index >= 15 is 0 Å². The number of benzene rings is 1. The van der Waals surface area contributed by atoms with Gasteiger partial charge in [-0.3, -0.25) is 14.4 Å². The number of unbranched alkanes of at least 4 members (excludes halogenated alkanes) is 2. The van der Waals surface area contributed by atoms with E-state index in [0.717, 1.165) is 0 Å². The number of carboxylic acids is 1. The molecule has 11 N–H and O–H groups in total. The first-order valence-electron chi connectivity index (χ1n) is 12.3. The summed E-state index contributed by atoms with van der Waals surface area (Å²) in [6.07, 6.45) is 2.73. The summed E-state index contributed by atoms with van der Waals surface area (Å²) in [6, 6.07) is 1.88. The zero-order valence-electron chi connectivity index (χ0n) is 20.9. The van der Waals surface area contributed by atoms with Gasteiger partial charge in [0.25, 0.3) is 0 Å². The summed E-state index contributed by atoms with van der Waals surface area (Å²) >= 11 is 4.02. The fraction of sp³-hybridized carbons (Fsp3) is 0.583. The Morgan fingerprint density at radius 2 is 1.27 bits per heavy atom. The zero-order chi connectivity index (χ0) is 27.8. The van der Waals surface area contributed by atoms with Gasteiger partial charge < -0.3 is 43.4 Å². The second kappa shape index (κ2) is 17.6. The second-order valence-electron chi connectivity index (χ2n) is 8.75. The van der Waals surface area contributed by atoms with Crippen molar-refractivity contribution in [2.45, 2.75) is 69.1 Å². The van der Waals surface area contributed by atoms with Gasteiger partial charge in [0.15, 0.2) is 0 Å². The molecule has 0 fully saturated rings. The van der Waals surface area contributed by atoms with Gasteiger partial charge in [0.1, 0.15) is 23.9 Å².